The predicted molar refractivity (Wildman–Crippen MR) is 61.3 cm³/mol. The SMILES string of the molecule is COCC(=O)c1cccc(C(C)(C)C)c1. The van der Waals surface area contributed by atoms with E-state index in [1.165, 1.54) is 12.7 Å². The fourth-order valence-corrected chi connectivity index (χ4v) is 1.37. The number of carbonyl (C=O) groups is 1. The average molecular weight is 206 g/mol. The molecular weight excluding hydrogens is 188 g/mol. The lowest BCUT2D eigenvalue weighted by molar-refractivity contribution is 0.0848. The Morgan fingerprint density at radius 2 is 2.00 bits per heavy atom. The summed E-state index contributed by atoms with van der Waals surface area (Å²) < 4.78 is 4.83. The first-order valence-corrected chi connectivity index (χ1v) is 5.08. The van der Waals surface area contributed by atoms with Crippen molar-refractivity contribution in [3.8, 4) is 0 Å². The summed E-state index contributed by atoms with van der Waals surface area (Å²) in [7, 11) is 1.53. The number of ketones is 1. The molecule has 0 amide bonds. The summed E-state index contributed by atoms with van der Waals surface area (Å²) in [5.74, 6) is 0.0311. The number of benzene rings is 1. The number of ether oxygens (including phenoxy) is 1. The molecule has 0 saturated heterocycles. The number of hydrogen-bond donors (Lipinski definition) is 0. The van der Waals surface area contributed by atoms with Crippen LogP contribution in [0.5, 0.6) is 0 Å². The van der Waals surface area contributed by atoms with Gasteiger partial charge in [0.1, 0.15) is 6.61 Å². The maximum Gasteiger partial charge on any atom is 0.188 e. The number of rotatable bonds is 3. The van der Waals surface area contributed by atoms with Gasteiger partial charge in [-0.1, -0.05) is 39.0 Å². The van der Waals surface area contributed by atoms with Gasteiger partial charge in [-0.15, -0.1) is 0 Å². The Bertz CT molecular complexity index is 348. The molecule has 0 saturated carbocycles. The number of hydrogen-bond acceptors (Lipinski definition) is 2. The zero-order chi connectivity index (χ0) is 11.5. The third kappa shape index (κ3) is 3.17. The van der Waals surface area contributed by atoms with Gasteiger partial charge < -0.3 is 4.74 Å². The van der Waals surface area contributed by atoms with E-state index >= 15 is 0 Å². The van der Waals surface area contributed by atoms with Crippen molar-refractivity contribution < 1.29 is 9.53 Å². The molecule has 0 heterocycles. The molecule has 0 aliphatic heterocycles. The summed E-state index contributed by atoms with van der Waals surface area (Å²) in [5, 5.41) is 0. The largest absolute Gasteiger partial charge is 0.377 e. The van der Waals surface area contributed by atoms with Crippen molar-refractivity contribution in [1.82, 2.24) is 0 Å². The van der Waals surface area contributed by atoms with Crippen LogP contribution in [-0.4, -0.2) is 19.5 Å². The van der Waals surface area contributed by atoms with E-state index in [9.17, 15) is 4.79 Å². The Morgan fingerprint density at radius 1 is 1.33 bits per heavy atom. The molecule has 1 aromatic rings. The first kappa shape index (κ1) is 11.9. The molecule has 0 unspecified atom stereocenters. The molecule has 2 heteroatoms. The molecule has 0 aliphatic rings. The van der Waals surface area contributed by atoms with Crippen LogP contribution < -0.4 is 0 Å². The number of Topliss-reactive ketones (excluding diaryl/α,β-unsaturated/α-hetero) is 1. The van der Waals surface area contributed by atoms with Gasteiger partial charge in [-0.25, -0.2) is 0 Å². The molecule has 0 N–H and O–H groups in total. The highest BCUT2D eigenvalue weighted by Crippen LogP contribution is 2.22. The average Bonchev–Trinajstić information content (AvgIpc) is 2.17. The third-order valence-corrected chi connectivity index (χ3v) is 2.33. The van der Waals surface area contributed by atoms with Gasteiger partial charge in [-0.05, 0) is 17.0 Å². The van der Waals surface area contributed by atoms with Gasteiger partial charge in [0.05, 0.1) is 0 Å². The maximum absolute atomic E-state index is 11.6. The molecule has 0 atom stereocenters. The van der Waals surface area contributed by atoms with Crippen molar-refractivity contribution in [3.63, 3.8) is 0 Å². The molecule has 0 spiro atoms. The van der Waals surface area contributed by atoms with Gasteiger partial charge >= 0.3 is 0 Å². The summed E-state index contributed by atoms with van der Waals surface area (Å²) in [6.45, 7) is 6.54. The van der Waals surface area contributed by atoms with E-state index in [0.29, 0.717) is 0 Å². The Labute approximate surface area is 91.3 Å². The Balaban J connectivity index is 2.98. The Kier molecular flexibility index (Phi) is 3.64. The molecule has 1 rings (SSSR count). The van der Waals surface area contributed by atoms with E-state index in [4.69, 9.17) is 4.74 Å². The van der Waals surface area contributed by atoms with E-state index < -0.39 is 0 Å². The quantitative estimate of drug-likeness (QED) is 0.711. The van der Waals surface area contributed by atoms with Crippen LogP contribution in [0.25, 0.3) is 0 Å². The van der Waals surface area contributed by atoms with Gasteiger partial charge in [0.25, 0.3) is 0 Å². The molecule has 0 aromatic heterocycles. The second kappa shape index (κ2) is 4.58. The first-order chi connectivity index (χ1) is 6.95. The molecule has 15 heavy (non-hydrogen) atoms. The topological polar surface area (TPSA) is 26.3 Å². The Hall–Kier alpha value is -1.15. The molecule has 0 fully saturated rings. The molecule has 0 bridgehead atoms. The summed E-state index contributed by atoms with van der Waals surface area (Å²) in [5.41, 5.74) is 1.97. The van der Waals surface area contributed by atoms with E-state index in [1.807, 2.05) is 24.3 Å². The molecule has 82 valence electrons. The van der Waals surface area contributed by atoms with Crippen LogP contribution in [0, 0.1) is 0 Å². The lowest BCUT2D eigenvalue weighted by Crippen LogP contribution is -2.13. The standard InChI is InChI=1S/C13H18O2/c1-13(2,3)11-7-5-6-10(8-11)12(14)9-15-4/h5-8H,9H2,1-4H3. The minimum atomic E-state index is 0.0311. The van der Waals surface area contributed by atoms with Crippen molar-refractivity contribution in [1.29, 1.82) is 0 Å². The van der Waals surface area contributed by atoms with Crippen LogP contribution in [0.3, 0.4) is 0 Å². The van der Waals surface area contributed by atoms with Gasteiger partial charge in [0, 0.05) is 12.7 Å². The van der Waals surface area contributed by atoms with Gasteiger partial charge in [0.2, 0.25) is 0 Å². The minimum absolute atomic E-state index is 0.0311. The fraction of sp³-hybridized carbons (Fsp3) is 0.462. The van der Waals surface area contributed by atoms with E-state index in [0.717, 1.165) is 5.56 Å². The minimum Gasteiger partial charge on any atom is -0.377 e. The highest BCUT2D eigenvalue weighted by molar-refractivity contribution is 5.97. The molecular formula is C13H18O2. The smallest absolute Gasteiger partial charge is 0.188 e. The summed E-state index contributed by atoms with van der Waals surface area (Å²) in [6, 6.07) is 7.74. The van der Waals surface area contributed by atoms with Crippen LogP contribution in [0.4, 0.5) is 0 Å². The van der Waals surface area contributed by atoms with Crippen LogP contribution >= 0.6 is 0 Å². The van der Waals surface area contributed by atoms with Crippen LogP contribution in [-0.2, 0) is 10.2 Å². The van der Waals surface area contributed by atoms with Gasteiger partial charge in [-0.3, -0.25) is 4.79 Å². The van der Waals surface area contributed by atoms with Crippen molar-refractivity contribution in [2.75, 3.05) is 13.7 Å². The van der Waals surface area contributed by atoms with Crippen LogP contribution in [0.15, 0.2) is 24.3 Å². The zero-order valence-corrected chi connectivity index (χ0v) is 9.83. The van der Waals surface area contributed by atoms with Gasteiger partial charge in [-0.2, -0.15) is 0 Å². The maximum atomic E-state index is 11.6. The summed E-state index contributed by atoms with van der Waals surface area (Å²) in [4.78, 5) is 11.6. The zero-order valence-electron chi connectivity index (χ0n) is 9.83. The fourth-order valence-electron chi connectivity index (χ4n) is 1.37. The molecule has 2 nitrogen and oxygen atoms in total. The van der Waals surface area contributed by atoms with E-state index in [2.05, 4.69) is 20.8 Å². The second-order valence-electron chi connectivity index (χ2n) is 4.69. The highest BCUT2D eigenvalue weighted by Gasteiger charge is 2.15. The predicted octanol–water partition coefficient (Wildman–Crippen LogP) is 2.81. The van der Waals surface area contributed by atoms with Gasteiger partial charge in [0.15, 0.2) is 5.78 Å². The molecule has 0 radical (unpaired) electrons. The first-order valence-electron chi connectivity index (χ1n) is 5.08. The van der Waals surface area contributed by atoms with Crippen molar-refractivity contribution in [2.24, 2.45) is 0 Å². The van der Waals surface area contributed by atoms with Crippen LogP contribution in [0.2, 0.25) is 0 Å². The lowest BCUT2D eigenvalue weighted by Gasteiger charge is -2.19. The molecule has 1 aromatic carbocycles. The number of carbonyl (C=O) groups excluding carboxylic acids is 1. The van der Waals surface area contributed by atoms with Crippen molar-refractivity contribution >= 4 is 5.78 Å². The Morgan fingerprint density at radius 3 is 2.53 bits per heavy atom. The van der Waals surface area contributed by atoms with E-state index in [1.54, 1.807) is 0 Å². The van der Waals surface area contributed by atoms with E-state index in [-0.39, 0.29) is 17.8 Å². The van der Waals surface area contributed by atoms with Crippen molar-refractivity contribution in [2.45, 2.75) is 26.2 Å². The third-order valence-electron chi connectivity index (χ3n) is 2.33. The summed E-state index contributed by atoms with van der Waals surface area (Å²) in [6.07, 6.45) is 0. The number of methoxy groups -OCH3 is 1. The van der Waals surface area contributed by atoms with Crippen molar-refractivity contribution in [3.05, 3.63) is 35.4 Å². The molecule has 0 aliphatic carbocycles. The second-order valence-corrected chi connectivity index (χ2v) is 4.69. The lowest BCUT2D eigenvalue weighted by atomic mass is 9.86. The normalized spacial score (nSPS) is 11.5. The highest BCUT2D eigenvalue weighted by atomic mass is 16.5. The monoisotopic (exact) mass is 206 g/mol. The van der Waals surface area contributed by atoms with Crippen LogP contribution in [0.1, 0.15) is 36.7 Å². The summed E-state index contributed by atoms with van der Waals surface area (Å²) >= 11 is 0.